The van der Waals surface area contributed by atoms with Crippen LogP contribution in [-0.4, -0.2) is 59.1 Å². The molecule has 0 aliphatic carbocycles. The number of aliphatic hydroxyl groups is 1. The van der Waals surface area contributed by atoms with Gasteiger partial charge in [-0.15, -0.1) is 0 Å². The number of rotatable bonds is 3. The molecule has 2 aliphatic heterocycles. The van der Waals surface area contributed by atoms with E-state index in [1.165, 1.54) is 6.42 Å². The first-order valence-electron chi connectivity index (χ1n) is 7.81. The van der Waals surface area contributed by atoms with E-state index in [4.69, 9.17) is 0 Å². The SMILES string of the molecule is CCC1CCCCN1C(=O)CN1CCC(C)C(O)C1. The van der Waals surface area contributed by atoms with Crippen LogP contribution in [0.15, 0.2) is 0 Å². The number of hydrogen-bond acceptors (Lipinski definition) is 3. The van der Waals surface area contributed by atoms with Gasteiger partial charge in [-0.2, -0.15) is 0 Å². The average molecular weight is 268 g/mol. The number of hydrogen-bond donors (Lipinski definition) is 1. The van der Waals surface area contributed by atoms with E-state index in [-0.39, 0.29) is 12.0 Å². The Bertz CT molecular complexity index is 309. The first-order chi connectivity index (χ1) is 9.11. The Morgan fingerprint density at radius 1 is 1.26 bits per heavy atom. The van der Waals surface area contributed by atoms with Gasteiger partial charge in [-0.1, -0.05) is 13.8 Å². The molecule has 0 bridgehead atoms. The molecular formula is C15H28N2O2. The molecule has 2 saturated heterocycles. The van der Waals surface area contributed by atoms with E-state index in [0.29, 0.717) is 25.0 Å². The Balaban J connectivity index is 1.86. The van der Waals surface area contributed by atoms with E-state index in [1.54, 1.807) is 0 Å². The second-order valence-electron chi connectivity index (χ2n) is 6.21. The van der Waals surface area contributed by atoms with Crippen LogP contribution in [0.3, 0.4) is 0 Å². The van der Waals surface area contributed by atoms with Gasteiger partial charge in [0.25, 0.3) is 0 Å². The summed E-state index contributed by atoms with van der Waals surface area (Å²) in [7, 11) is 0. The predicted molar refractivity (Wildman–Crippen MR) is 75.9 cm³/mol. The molecule has 1 N–H and O–H groups in total. The highest BCUT2D eigenvalue weighted by Crippen LogP contribution is 2.21. The van der Waals surface area contributed by atoms with Crippen molar-refractivity contribution < 1.29 is 9.90 Å². The van der Waals surface area contributed by atoms with Crippen LogP contribution >= 0.6 is 0 Å². The van der Waals surface area contributed by atoms with E-state index in [9.17, 15) is 9.90 Å². The maximum atomic E-state index is 12.4. The van der Waals surface area contributed by atoms with Crippen molar-refractivity contribution in [3.63, 3.8) is 0 Å². The molecule has 2 aliphatic rings. The smallest absolute Gasteiger partial charge is 0.236 e. The molecule has 4 heteroatoms. The second kappa shape index (κ2) is 6.71. The van der Waals surface area contributed by atoms with Crippen molar-refractivity contribution in [3.8, 4) is 0 Å². The lowest BCUT2D eigenvalue weighted by Crippen LogP contribution is -2.51. The summed E-state index contributed by atoms with van der Waals surface area (Å²) in [6.45, 7) is 7.25. The lowest BCUT2D eigenvalue weighted by Gasteiger charge is -2.38. The molecule has 0 radical (unpaired) electrons. The summed E-state index contributed by atoms with van der Waals surface area (Å²) in [4.78, 5) is 16.6. The molecular weight excluding hydrogens is 240 g/mol. The highest BCUT2D eigenvalue weighted by molar-refractivity contribution is 5.78. The van der Waals surface area contributed by atoms with Crippen LogP contribution in [0.25, 0.3) is 0 Å². The molecule has 3 atom stereocenters. The lowest BCUT2D eigenvalue weighted by atomic mass is 9.96. The van der Waals surface area contributed by atoms with Gasteiger partial charge in [-0.05, 0) is 44.6 Å². The Morgan fingerprint density at radius 3 is 2.74 bits per heavy atom. The van der Waals surface area contributed by atoms with Crippen molar-refractivity contribution in [2.45, 2.75) is 58.1 Å². The molecule has 2 heterocycles. The summed E-state index contributed by atoms with van der Waals surface area (Å²) in [6, 6.07) is 0.440. The maximum Gasteiger partial charge on any atom is 0.236 e. The zero-order valence-corrected chi connectivity index (χ0v) is 12.3. The van der Waals surface area contributed by atoms with Crippen LogP contribution in [0.4, 0.5) is 0 Å². The Labute approximate surface area is 116 Å². The van der Waals surface area contributed by atoms with Gasteiger partial charge in [0.05, 0.1) is 12.6 Å². The highest BCUT2D eigenvalue weighted by atomic mass is 16.3. The minimum Gasteiger partial charge on any atom is -0.392 e. The monoisotopic (exact) mass is 268 g/mol. The van der Waals surface area contributed by atoms with Crippen LogP contribution in [0.1, 0.15) is 46.0 Å². The number of aliphatic hydroxyl groups excluding tert-OH is 1. The van der Waals surface area contributed by atoms with E-state index in [1.807, 2.05) is 0 Å². The molecule has 0 spiro atoms. The fourth-order valence-corrected chi connectivity index (χ4v) is 3.29. The molecule has 19 heavy (non-hydrogen) atoms. The summed E-state index contributed by atoms with van der Waals surface area (Å²) < 4.78 is 0. The first-order valence-corrected chi connectivity index (χ1v) is 7.81. The maximum absolute atomic E-state index is 12.4. The van der Waals surface area contributed by atoms with Gasteiger partial charge < -0.3 is 10.0 Å². The fraction of sp³-hybridized carbons (Fsp3) is 0.933. The minimum absolute atomic E-state index is 0.258. The van der Waals surface area contributed by atoms with Crippen LogP contribution in [0, 0.1) is 5.92 Å². The van der Waals surface area contributed by atoms with Gasteiger partial charge in [-0.3, -0.25) is 9.69 Å². The van der Waals surface area contributed by atoms with Gasteiger partial charge in [0.15, 0.2) is 0 Å². The third kappa shape index (κ3) is 3.69. The molecule has 2 rings (SSSR count). The van der Waals surface area contributed by atoms with Gasteiger partial charge in [-0.25, -0.2) is 0 Å². The van der Waals surface area contributed by atoms with Crippen molar-refractivity contribution in [1.29, 1.82) is 0 Å². The molecule has 1 amide bonds. The number of nitrogens with zero attached hydrogens (tertiary/aromatic N) is 2. The number of carbonyl (C=O) groups excluding carboxylic acids is 1. The van der Waals surface area contributed by atoms with Crippen LogP contribution in [-0.2, 0) is 4.79 Å². The van der Waals surface area contributed by atoms with E-state index < -0.39 is 0 Å². The summed E-state index contributed by atoms with van der Waals surface area (Å²) >= 11 is 0. The standard InChI is InChI=1S/C15H28N2O2/c1-3-13-6-4-5-8-17(13)15(19)11-16-9-7-12(2)14(18)10-16/h12-14,18H,3-11H2,1-2H3. The highest BCUT2D eigenvalue weighted by Gasteiger charge is 2.29. The van der Waals surface area contributed by atoms with Crippen LogP contribution in [0.5, 0.6) is 0 Å². The van der Waals surface area contributed by atoms with Crippen molar-refractivity contribution >= 4 is 5.91 Å². The average Bonchev–Trinajstić information content (AvgIpc) is 2.43. The van der Waals surface area contributed by atoms with Gasteiger partial charge in [0, 0.05) is 19.1 Å². The zero-order chi connectivity index (χ0) is 13.8. The third-order valence-electron chi connectivity index (χ3n) is 4.78. The molecule has 4 nitrogen and oxygen atoms in total. The normalized spacial score (nSPS) is 33.4. The molecule has 0 aromatic heterocycles. The van der Waals surface area contributed by atoms with Crippen molar-refractivity contribution in [3.05, 3.63) is 0 Å². The molecule has 0 saturated carbocycles. The Hall–Kier alpha value is -0.610. The number of piperidine rings is 2. The van der Waals surface area contributed by atoms with Crippen LogP contribution < -0.4 is 0 Å². The molecule has 3 unspecified atom stereocenters. The quantitative estimate of drug-likeness (QED) is 0.843. The van der Waals surface area contributed by atoms with E-state index >= 15 is 0 Å². The molecule has 0 aromatic carbocycles. The van der Waals surface area contributed by atoms with Gasteiger partial charge in [0.2, 0.25) is 5.91 Å². The van der Waals surface area contributed by atoms with E-state index in [2.05, 4.69) is 23.6 Å². The predicted octanol–water partition coefficient (Wildman–Crippen LogP) is 1.48. The van der Waals surface area contributed by atoms with Crippen LogP contribution in [0.2, 0.25) is 0 Å². The number of likely N-dealkylation sites (tertiary alicyclic amines) is 2. The van der Waals surface area contributed by atoms with E-state index in [0.717, 1.165) is 38.8 Å². The van der Waals surface area contributed by atoms with Crippen molar-refractivity contribution in [2.75, 3.05) is 26.2 Å². The lowest BCUT2D eigenvalue weighted by molar-refractivity contribution is -0.137. The molecule has 2 fully saturated rings. The second-order valence-corrected chi connectivity index (χ2v) is 6.21. The minimum atomic E-state index is -0.273. The largest absolute Gasteiger partial charge is 0.392 e. The molecule has 110 valence electrons. The fourth-order valence-electron chi connectivity index (χ4n) is 3.29. The topological polar surface area (TPSA) is 43.8 Å². The van der Waals surface area contributed by atoms with Crippen molar-refractivity contribution in [1.82, 2.24) is 9.80 Å². The summed E-state index contributed by atoms with van der Waals surface area (Å²) in [5.41, 5.74) is 0. The summed E-state index contributed by atoms with van der Waals surface area (Å²) in [6.07, 6.45) is 5.33. The number of amides is 1. The first kappa shape index (κ1) is 14.8. The Morgan fingerprint density at radius 2 is 2.05 bits per heavy atom. The zero-order valence-electron chi connectivity index (χ0n) is 12.3. The Kier molecular flexibility index (Phi) is 5.22. The van der Waals surface area contributed by atoms with Gasteiger partial charge in [0.1, 0.15) is 0 Å². The van der Waals surface area contributed by atoms with Gasteiger partial charge >= 0.3 is 0 Å². The number of β-amino-alcohol motifs (C(OH)–C–C–N with tert-alkyl or cyclic N) is 1. The molecule has 0 aromatic rings. The summed E-state index contributed by atoms with van der Waals surface area (Å²) in [5.74, 6) is 0.623. The van der Waals surface area contributed by atoms with Crippen molar-refractivity contribution in [2.24, 2.45) is 5.92 Å². The summed E-state index contributed by atoms with van der Waals surface area (Å²) in [5, 5.41) is 9.90. The number of carbonyl (C=O) groups is 1. The third-order valence-corrected chi connectivity index (χ3v) is 4.78.